The third kappa shape index (κ3) is 4.18. The van der Waals surface area contributed by atoms with Gasteiger partial charge in [0.05, 0.1) is 28.7 Å². The molecule has 1 fully saturated rings. The number of nitrogens with one attached hydrogen (secondary N) is 1. The maximum Gasteiger partial charge on any atom is 0.280 e. The van der Waals surface area contributed by atoms with Gasteiger partial charge in [-0.25, -0.2) is 18.7 Å². The maximum absolute atomic E-state index is 13.8. The summed E-state index contributed by atoms with van der Waals surface area (Å²) in [7, 11) is 0. The van der Waals surface area contributed by atoms with E-state index in [-0.39, 0.29) is 27.0 Å². The number of alkyl halides is 2. The van der Waals surface area contributed by atoms with Gasteiger partial charge in [-0.2, -0.15) is 5.10 Å². The van der Waals surface area contributed by atoms with Crippen LogP contribution in [0, 0.1) is 0 Å². The molecule has 0 bridgehead atoms. The highest BCUT2D eigenvalue weighted by atomic mass is 32.1. The Kier molecular flexibility index (Phi) is 5.87. The van der Waals surface area contributed by atoms with Crippen molar-refractivity contribution < 1.29 is 18.4 Å². The molecular formula is C27H22F2N6O2S. The highest BCUT2D eigenvalue weighted by Crippen LogP contribution is 2.48. The molecular weight excluding hydrogens is 510 g/mol. The van der Waals surface area contributed by atoms with E-state index in [1.165, 1.54) is 6.07 Å². The SMILES string of the molecule is CCn1cc(-c2cc(C(=O)Nc3c(C(N)=O)sc4nc(C(F)F)cc(C5CC5)c34)c3ccccc3n2)cn1. The molecule has 4 heterocycles. The second-order valence-corrected chi connectivity index (χ2v) is 10.2. The van der Waals surface area contributed by atoms with Gasteiger partial charge >= 0.3 is 0 Å². The van der Waals surface area contributed by atoms with Gasteiger partial charge in [-0.1, -0.05) is 18.2 Å². The number of rotatable bonds is 7. The first-order valence-corrected chi connectivity index (χ1v) is 12.9. The Morgan fingerprint density at radius 1 is 1.21 bits per heavy atom. The number of anilines is 1. The summed E-state index contributed by atoms with van der Waals surface area (Å²) in [6.07, 6.45) is 2.45. The van der Waals surface area contributed by atoms with Crippen LogP contribution in [0.2, 0.25) is 0 Å². The first-order chi connectivity index (χ1) is 18.3. The molecule has 0 unspecified atom stereocenters. The zero-order valence-corrected chi connectivity index (χ0v) is 21.1. The Morgan fingerprint density at radius 2 is 2.00 bits per heavy atom. The zero-order chi connectivity index (χ0) is 26.6. The predicted octanol–water partition coefficient (Wildman–Crippen LogP) is 5.89. The Hall–Kier alpha value is -4.25. The van der Waals surface area contributed by atoms with Crippen LogP contribution in [-0.4, -0.2) is 31.6 Å². The first-order valence-electron chi connectivity index (χ1n) is 12.1. The number of aromatic nitrogens is 4. The number of nitrogens with zero attached hydrogens (tertiary/aromatic N) is 4. The normalized spacial score (nSPS) is 13.5. The van der Waals surface area contributed by atoms with Crippen LogP contribution in [0.5, 0.6) is 0 Å². The highest BCUT2D eigenvalue weighted by molar-refractivity contribution is 7.21. The summed E-state index contributed by atoms with van der Waals surface area (Å²) < 4.78 is 28.9. The number of halogens is 2. The fourth-order valence-corrected chi connectivity index (χ4v) is 5.65. The van der Waals surface area contributed by atoms with Gasteiger partial charge < -0.3 is 11.1 Å². The molecule has 0 spiro atoms. The van der Waals surface area contributed by atoms with Crippen molar-refractivity contribution in [1.29, 1.82) is 0 Å². The summed E-state index contributed by atoms with van der Waals surface area (Å²) in [5.74, 6) is -1.18. The van der Waals surface area contributed by atoms with Crippen molar-refractivity contribution in [1.82, 2.24) is 19.7 Å². The lowest BCUT2D eigenvalue weighted by atomic mass is 10.0. The molecule has 0 aliphatic heterocycles. The van der Waals surface area contributed by atoms with E-state index in [1.807, 2.05) is 31.3 Å². The first kappa shape index (κ1) is 24.1. The third-order valence-electron chi connectivity index (χ3n) is 6.63. The monoisotopic (exact) mass is 532 g/mol. The van der Waals surface area contributed by atoms with Crippen LogP contribution >= 0.6 is 11.3 Å². The van der Waals surface area contributed by atoms with E-state index < -0.39 is 18.2 Å². The number of thiophene rings is 1. The second kappa shape index (κ2) is 9.25. The van der Waals surface area contributed by atoms with Crippen LogP contribution < -0.4 is 11.1 Å². The van der Waals surface area contributed by atoms with Gasteiger partial charge in [0.15, 0.2) is 0 Å². The van der Waals surface area contributed by atoms with Crippen molar-refractivity contribution >= 4 is 50.0 Å². The zero-order valence-electron chi connectivity index (χ0n) is 20.2. The number of hydrogen-bond acceptors (Lipinski definition) is 6. The van der Waals surface area contributed by atoms with Gasteiger partial charge in [0.25, 0.3) is 18.2 Å². The van der Waals surface area contributed by atoms with Gasteiger partial charge in [-0.3, -0.25) is 14.3 Å². The smallest absolute Gasteiger partial charge is 0.280 e. The van der Waals surface area contributed by atoms with Gasteiger partial charge in [0.1, 0.15) is 15.4 Å². The van der Waals surface area contributed by atoms with Crippen LogP contribution in [0.4, 0.5) is 14.5 Å². The Bertz CT molecular complexity index is 1740. The molecule has 1 aromatic carbocycles. The predicted molar refractivity (Wildman–Crippen MR) is 142 cm³/mol. The van der Waals surface area contributed by atoms with Crippen LogP contribution in [0.1, 0.15) is 63.4 Å². The van der Waals surface area contributed by atoms with Crippen LogP contribution in [-0.2, 0) is 6.54 Å². The number of amides is 2. The van der Waals surface area contributed by atoms with Gasteiger partial charge in [0.2, 0.25) is 0 Å². The molecule has 8 nitrogen and oxygen atoms in total. The topological polar surface area (TPSA) is 116 Å². The summed E-state index contributed by atoms with van der Waals surface area (Å²) in [5.41, 5.74) is 8.45. The largest absolute Gasteiger partial charge is 0.365 e. The average Bonchev–Trinajstić information content (AvgIpc) is 3.53. The van der Waals surface area contributed by atoms with E-state index in [0.29, 0.717) is 39.7 Å². The molecule has 0 radical (unpaired) electrons. The molecule has 11 heteroatoms. The van der Waals surface area contributed by atoms with Gasteiger partial charge in [0, 0.05) is 29.1 Å². The van der Waals surface area contributed by atoms with Gasteiger partial charge in [-0.15, -0.1) is 11.3 Å². The number of primary amides is 1. The molecule has 192 valence electrons. The quantitative estimate of drug-likeness (QED) is 0.271. The molecule has 0 atom stereocenters. The van der Waals surface area contributed by atoms with Crippen molar-refractivity contribution in [2.75, 3.05) is 5.32 Å². The molecule has 3 N–H and O–H groups in total. The number of fused-ring (bicyclic) bond motifs is 2. The molecule has 0 saturated heterocycles. The molecule has 1 aliphatic carbocycles. The number of carbonyl (C=O) groups excluding carboxylic acids is 2. The Labute approximate surface area is 219 Å². The Balaban J connectivity index is 1.50. The number of pyridine rings is 2. The standard InChI is InChI=1S/C27H22F2N6O2S/c1-2-35-12-14(11-31-35)19-10-17(15-5-3-4-6-18(15)32-19)26(37)34-22-21-16(13-7-8-13)9-20(24(28)29)33-27(21)38-23(22)25(30)36/h3-6,9-13,24H,2,7-8H2,1H3,(H2,30,36)(H,34,37). The van der Waals surface area contributed by atoms with Crippen LogP contribution in [0.15, 0.2) is 48.8 Å². The third-order valence-corrected chi connectivity index (χ3v) is 7.73. The minimum Gasteiger partial charge on any atom is -0.365 e. The van der Waals surface area contributed by atoms with E-state index in [0.717, 1.165) is 29.7 Å². The van der Waals surface area contributed by atoms with Crippen molar-refractivity contribution in [2.45, 2.75) is 38.7 Å². The highest BCUT2D eigenvalue weighted by Gasteiger charge is 2.32. The maximum atomic E-state index is 13.8. The number of para-hydroxylation sites is 1. The van der Waals surface area contributed by atoms with E-state index in [1.54, 1.807) is 23.0 Å². The molecule has 5 aromatic rings. The van der Waals surface area contributed by atoms with Crippen molar-refractivity contribution in [3.05, 3.63) is 70.5 Å². The minimum absolute atomic E-state index is 0.0624. The fourth-order valence-electron chi connectivity index (χ4n) is 4.63. The van der Waals surface area contributed by atoms with E-state index in [2.05, 4.69) is 15.4 Å². The fraction of sp³-hybridized carbons (Fsp3) is 0.222. The molecule has 1 saturated carbocycles. The van der Waals surface area contributed by atoms with E-state index in [4.69, 9.17) is 10.7 Å². The second-order valence-electron chi connectivity index (χ2n) is 9.17. The minimum atomic E-state index is -2.76. The number of nitrogens with two attached hydrogens (primary N) is 1. The summed E-state index contributed by atoms with van der Waals surface area (Å²) in [6.45, 7) is 2.66. The van der Waals surface area contributed by atoms with Crippen molar-refractivity contribution in [3.8, 4) is 11.3 Å². The average molecular weight is 533 g/mol. The van der Waals surface area contributed by atoms with E-state index in [9.17, 15) is 18.4 Å². The molecule has 4 aromatic heterocycles. The van der Waals surface area contributed by atoms with Crippen LogP contribution in [0.25, 0.3) is 32.4 Å². The molecule has 6 rings (SSSR count). The molecule has 2 amide bonds. The lowest BCUT2D eigenvalue weighted by Gasteiger charge is -2.12. The summed E-state index contributed by atoms with van der Waals surface area (Å²) in [6, 6.07) is 10.3. The number of aryl methyl sites for hydroxylation is 1. The van der Waals surface area contributed by atoms with Crippen LogP contribution in [0.3, 0.4) is 0 Å². The summed E-state index contributed by atoms with van der Waals surface area (Å²) >= 11 is 0.912. The number of hydrogen-bond donors (Lipinski definition) is 2. The van der Waals surface area contributed by atoms with Crippen molar-refractivity contribution in [2.24, 2.45) is 5.73 Å². The number of carbonyl (C=O) groups is 2. The molecule has 38 heavy (non-hydrogen) atoms. The Morgan fingerprint density at radius 3 is 2.68 bits per heavy atom. The van der Waals surface area contributed by atoms with E-state index >= 15 is 0 Å². The summed E-state index contributed by atoms with van der Waals surface area (Å²) in [4.78, 5) is 35.3. The number of benzene rings is 1. The lowest BCUT2D eigenvalue weighted by molar-refractivity contribution is 0.100. The lowest BCUT2D eigenvalue weighted by Crippen LogP contribution is -2.17. The van der Waals surface area contributed by atoms with Gasteiger partial charge in [-0.05, 0) is 49.4 Å². The summed E-state index contributed by atoms with van der Waals surface area (Å²) in [5, 5.41) is 8.31. The van der Waals surface area contributed by atoms with Crippen molar-refractivity contribution in [3.63, 3.8) is 0 Å². The molecule has 1 aliphatic rings.